The molecule has 0 spiro atoms. The minimum atomic E-state index is 0.392. The zero-order chi connectivity index (χ0) is 8.43. The van der Waals surface area contributed by atoms with E-state index in [0.717, 1.165) is 0 Å². The lowest BCUT2D eigenvalue weighted by atomic mass is 10.3. The summed E-state index contributed by atoms with van der Waals surface area (Å²) in [7, 11) is 1.51. The molecular formula is C7H7Cl2NO. The van der Waals surface area contributed by atoms with E-state index in [9.17, 15) is 0 Å². The van der Waals surface area contributed by atoms with Crippen molar-refractivity contribution < 1.29 is 4.74 Å². The third-order valence-corrected chi connectivity index (χ3v) is 2.02. The minimum Gasteiger partial charge on any atom is -0.495 e. The Morgan fingerprint density at radius 2 is 2.00 bits per heavy atom. The van der Waals surface area contributed by atoms with Gasteiger partial charge in [-0.2, -0.15) is 0 Å². The van der Waals surface area contributed by atoms with Crippen molar-refractivity contribution in [2.75, 3.05) is 12.8 Å². The van der Waals surface area contributed by atoms with Crippen LogP contribution in [0.1, 0.15) is 0 Å². The molecule has 2 nitrogen and oxygen atoms in total. The van der Waals surface area contributed by atoms with Crippen molar-refractivity contribution in [1.29, 1.82) is 0 Å². The largest absolute Gasteiger partial charge is 0.495 e. The molecule has 0 aliphatic rings. The number of halogens is 2. The van der Waals surface area contributed by atoms with Crippen molar-refractivity contribution in [2.45, 2.75) is 0 Å². The predicted molar refractivity (Wildman–Crippen MR) is 47.4 cm³/mol. The summed E-state index contributed by atoms with van der Waals surface area (Å²) in [5, 5.41) is 0.798. The monoisotopic (exact) mass is 191 g/mol. The number of nitrogens with two attached hydrogens (primary N) is 1. The molecule has 2 N–H and O–H groups in total. The van der Waals surface area contributed by atoms with E-state index in [1.807, 2.05) is 0 Å². The molecule has 11 heavy (non-hydrogen) atoms. The first-order valence-electron chi connectivity index (χ1n) is 2.93. The number of methoxy groups -OCH3 is 1. The number of rotatable bonds is 1. The van der Waals surface area contributed by atoms with E-state index in [1.165, 1.54) is 7.11 Å². The summed E-state index contributed by atoms with van der Waals surface area (Å²) in [5.74, 6) is 0.497. The van der Waals surface area contributed by atoms with Crippen LogP contribution in [0.5, 0.6) is 5.75 Å². The SMILES string of the molecule is COc1cc(N)cc(Cl)c1Cl. The fraction of sp³-hybridized carbons (Fsp3) is 0.143. The average molecular weight is 192 g/mol. The molecule has 0 radical (unpaired) electrons. The van der Waals surface area contributed by atoms with E-state index in [-0.39, 0.29) is 0 Å². The summed E-state index contributed by atoms with van der Waals surface area (Å²) in [6, 6.07) is 3.20. The Hall–Kier alpha value is -0.600. The van der Waals surface area contributed by atoms with E-state index in [2.05, 4.69) is 0 Å². The van der Waals surface area contributed by atoms with Crippen LogP contribution in [0.4, 0.5) is 5.69 Å². The summed E-state index contributed by atoms with van der Waals surface area (Å²) in [6.07, 6.45) is 0. The normalized spacial score (nSPS) is 9.73. The number of hydrogen-bond donors (Lipinski definition) is 1. The molecule has 1 rings (SSSR count). The summed E-state index contributed by atoms with van der Waals surface area (Å²) in [4.78, 5) is 0. The third-order valence-electron chi connectivity index (χ3n) is 1.24. The highest BCUT2D eigenvalue weighted by Crippen LogP contribution is 2.33. The molecule has 0 aromatic heterocycles. The molecule has 0 aliphatic heterocycles. The number of ether oxygens (including phenoxy) is 1. The van der Waals surface area contributed by atoms with Crippen LogP contribution in [-0.2, 0) is 0 Å². The lowest BCUT2D eigenvalue weighted by molar-refractivity contribution is 0.415. The van der Waals surface area contributed by atoms with Gasteiger partial charge in [0.2, 0.25) is 0 Å². The molecule has 0 unspecified atom stereocenters. The van der Waals surface area contributed by atoms with Crippen LogP contribution < -0.4 is 10.5 Å². The molecular weight excluding hydrogens is 185 g/mol. The maximum absolute atomic E-state index is 5.75. The summed E-state index contributed by atoms with van der Waals surface area (Å²) in [6.45, 7) is 0. The van der Waals surface area contributed by atoms with Crippen molar-refractivity contribution >= 4 is 28.9 Å². The summed E-state index contributed by atoms with van der Waals surface area (Å²) in [5.41, 5.74) is 6.02. The van der Waals surface area contributed by atoms with Gasteiger partial charge in [-0.05, 0) is 6.07 Å². The molecule has 0 bridgehead atoms. The Morgan fingerprint density at radius 3 is 2.55 bits per heavy atom. The molecule has 0 aliphatic carbocycles. The third kappa shape index (κ3) is 1.70. The second-order valence-electron chi connectivity index (χ2n) is 2.02. The van der Waals surface area contributed by atoms with E-state index < -0.39 is 0 Å². The van der Waals surface area contributed by atoms with Crippen LogP contribution in [0.2, 0.25) is 10.0 Å². The Labute approximate surface area is 74.9 Å². The highest BCUT2D eigenvalue weighted by atomic mass is 35.5. The van der Waals surface area contributed by atoms with Crippen molar-refractivity contribution in [1.82, 2.24) is 0 Å². The van der Waals surface area contributed by atoms with E-state index in [0.29, 0.717) is 21.5 Å². The Kier molecular flexibility index (Phi) is 2.47. The topological polar surface area (TPSA) is 35.2 Å². The van der Waals surface area contributed by atoms with Gasteiger partial charge in [-0.1, -0.05) is 23.2 Å². The minimum absolute atomic E-state index is 0.392. The highest BCUT2D eigenvalue weighted by Gasteiger charge is 2.05. The molecule has 4 heteroatoms. The first-order chi connectivity index (χ1) is 5.15. The second kappa shape index (κ2) is 3.20. The lowest BCUT2D eigenvalue weighted by Gasteiger charge is -2.04. The first-order valence-corrected chi connectivity index (χ1v) is 3.69. The van der Waals surface area contributed by atoms with Crippen LogP contribution in [0.15, 0.2) is 12.1 Å². The zero-order valence-corrected chi connectivity index (χ0v) is 7.41. The summed E-state index contributed by atoms with van der Waals surface area (Å²) < 4.78 is 4.91. The van der Waals surface area contributed by atoms with Gasteiger partial charge in [-0.15, -0.1) is 0 Å². The van der Waals surface area contributed by atoms with Crippen LogP contribution >= 0.6 is 23.2 Å². The van der Waals surface area contributed by atoms with Gasteiger partial charge >= 0.3 is 0 Å². The summed E-state index contributed by atoms with van der Waals surface area (Å²) >= 11 is 11.5. The lowest BCUT2D eigenvalue weighted by Crippen LogP contribution is -1.89. The number of nitrogen functional groups attached to an aromatic ring is 1. The smallest absolute Gasteiger partial charge is 0.141 e. The van der Waals surface area contributed by atoms with Gasteiger partial charge in [-0.3, -0.25) is 0 Å². The maximum Gasteiger partial charge on any atom is 0.141 e. The van der Waals surface area contributed by atoms with Gasteiger partial charge in [0.05, 0.1) is 12.1 Å². The van der Waals surface area contributed by atoms with Gasteiger partial charge in [0.25, 0.3) is 0 Å². The fourth-order valence-corrected chi connectivity index (χ4v) is 1.14. The van der Waals surface area contributed by atoms with Gasteiger partial charge in [-0.25, -0.2) is 0 Å². The Balaban J connectivity index is 3.24. The van der Waals surface area contributed by atoms with E-state index in [1.54, 1.807) is 12.1 Å². The molecule has 1 aromatic rings. The fourth-order valence-electron chi connectivity index (χ4n) is 0.732. The quantitative estimate of drug-likeness (QED) is 0.694. The van der Waals surface area contributed by atoms with E-state index >= 15 is 0 Å². The Bertz CT molecular complexity index is 275. The Morgan fingerprint density at radius 1 is 1.36 bits per heavy atom. The maximum atomic E-state index is 5.75. The molecule has 0 heterocycles. The molecule has 60 valence electrons. The molecule has 0 saturated carbocycles. The molecule has 1 aromatic carbocycles. The van der Waals surface area contributed by atoms with Crippen molar-refractivity contribution in [2.24, 2.45) is 0 Å². The standard InChI is InChI=1S/C7H7Cl2NO/c1-11-6-3-4(10)2-5(8)7(6)9/h2-3H,10H2,1H3. The zero-order valence-electron chi connectivity index (χ0n) is 5.90. The van der Waals surface area contributed by atoms with Gasteiger partial charge in [0.15, 0.2) is 0 Å². The number of hydrogen-bond acceptors (Lipinski definition) is 2. The second-order valence-corrected chi connectivity index (χ2v) is 2.80. The van der Waals surface area contributed by atoms with Crippen LogP contribution in [0, 0.1) is 0 Å². The van der Waals surface area contributed by atoms with Crippen LogP contribution in [-0.4, -0.2) is 7.11 Å². The molecule has 0 atom stereocenters. The van der Waals surface area contributed by atoms with Crippen molar-refractivity contribution in [3.8, 4) is 5.75 Å². The average Bonchev–Trinajstić information content (AvgIpc) is 1.96. The van der Waals surface area contributed by atoms with Crippen LogP contribution in [0.25, 0.3) is 0 Å². The highest BCUT2D eigenvalue weighted by molar-refractivity contribution is 6.43. The van der Waals surface area contributed by atoms with Crippen LogP contribution in [0.3, 0.4) is 0 Å². The van der Waals surface area contributed by atoms with Gasteiger partial charge in [0, 0.05) is 11.8 Å². The number of anilines is 1. The molecule has 0 amide bonds. The molecule has 0 fully saturated rings. The van der Waals surface area contributed by atoms with Gasteiger partial charge in [0.1, 0.15) is 10.8 Å². The van der Waals surface area contributed by atoms with Crippen molar-refractivity contribution in [3.05, 3.63) is 22.2 Å². The van der Waals surface area contributed by atoms with Gasteiger partial charge < -0.3 is 10.5 Å². The van der Waals surface area contributed by atoms with Crippen molar-refractivity contribution in [3.63, 3.8) is 0 Å². The number of benzene rings is 1. The van der Waals surface area contributed by atoms with E-state index in [4.69, 9.17) is 33.7 Å². The molecule has 0 saturated heterocycles. The first kappa shape index (κ1) is 8.50. The predicted octanol–water partition coefficient (Wildman–Crippen LogP) is 2.58.